The minimum Gasteiger partial charge on any atom is -0.493 e. The second kappa shape index (κ2) is 4.88. The third-order valence-corrected chi connectivity index (χ3v) is 8.70. The fourth-order valence-electron chi connectivity index (χ4n) is 7.62. The third kappa shape index (κ3) is 1.47. The van der Waals surface area contributed by atoms with Gasteiger partial charge in [0.15, 0.2) is 11.5 Å². The van der Waals surface area contributed by atoms with Gasteiger partial charge in [-0.2, -0.15) is 0 Å². The number of rotatable bonds is 3. The van der Waals surface area contributed by atoms with Crippen molar-refractivity contribution in [3.63, 3.8) is 0 Å². The lowest BCUT2D eigenvalue weighted by molar-refractivity contribution is -0.211. The minimum atomic E-state index is -0.463. The first kappa shape index (κ1) is 16.4. The lowest BCUT2D eigenvalue weighted by Crippen LogP contribution is -2.79. The molecule has 4 bridgehead atoms. The molecular formula is C22H28N2O3. The van der Waals surface area contributed by atoms with E-state index >= 15 is 0 Å². The van der Waals surface area contributed by atoms with Gasteiger partial charge in [-0.15, -0.1) is 0 Å². The average Bonchev–Trinajstić information content (AvgIpc) is 3.07. The Labute approximate surface area is 160 Å². The quantitative estimate of drug-likeness (QED) is 0.826. The molecule has 2 fully saturated rings. The SMILES string of the molecule is COc1ccc2c3c1O[C@H]1[C@@]4(OC)C=C[C@@]5(C[C@@H]4CN)[C@@H](C2)N(C)CC[C@]315. The van der Waals surface area contributed by atoms with Gasteiger partial charge in [-0.1, -0.05) is 18.2 Å². The number of likely N-dealkylation sites (tertiary alicyclic amines) is 1. The van der Waals surface area contributed by atoms with Crippen molar-refractivity contribution in [2.45, 2.75) is 42.4 Å². The zero-order valence-electron chi connectivity index (χ0n) is 16.3. The summed E-state index contributed by atoms with van der Waals surface area (Å²) < 4.78 is 18.8. The van der Waals surface area contributed by atoms with Crippen molar-refractivity contribution in [2.24, 2.45) is 17.1 Å². The standard InChI is InChI=1S/C22H28N2O3/c1-24-9-8-21-17-13-4-5-15(25-2)18(17)27-19(21)22(26-3)7-6-20(21,16(24)10-13)11-14(22)12-23/h4-7,14,16,19H,8-12,23H2,1-3H3/t14-,16-,19-,20-,21+,22-/m1/s1. The van der Waals surface area contributed by atoms with Crippen LogP contribution < -0.4 is 15.2 Å². The Kier molecular flexibility index (Phi) is 2.97. The van der Waals surface area contributed by atoms with Crippen LogP contribution in [0.1, 0.15) is 24.0 Å². The van der Waals surface area contributed by atoms with Crippen molar-refractivity contribution in [3.05, 3.63) is 35.4 Å². The first-order chi connectivity index (χ1) is 13.1. The van der Waals surface area contributed by atoms with Crippen molar-refractivity contribution in [3.8, 4) is 11.5 Å². The molecule has 5 nitrogen and oxygen atoms in total. The number of piperidine rings is 1. The summed E-state index contributed by atoms with van der Waals surface area (Å²) in [6, 6.07) is 4.81. The average molecular weight is 368 g/mol. The summed E-state index contributed by atoms with van der Waals surface area (Å²) in [5.74, 6) is 2.07. The summed E-state index contributed by atoms with van der Waals surface area (Å²) in [5, 5.41) is 0. The Morgan fingerprint density at radius 3 is 2.89 bits per heavy atom. The largest absolute Gasteiger partial charge is 0.493 e. The molecule has 2 heterocycles. The molecule has 1 saturated heterocycles. The highest BCUT2D eigenvalue weighted by molar-refractivity contribution is 5.65. The zero-order valence-corrected chi connectivity index (χ0v) is 16.3. The molecule has 27 heavy (non-hydrogen) atoms. The molecule has 2 aliphatic heterocycles. The Morgan fingerprint density at radius 2 is 2.15 bits per heavy atom. The molecule has 0 radical (unpaired) electrons. The Balaban J connectivity index is 1.71. The van der Waals surface area contributed by atoms with Gasteiger partial charge in [0.2, 0.25) is 0 Å². The lowest BCUT2D eigenvalue weighted by Gasteiger charge is -2.71. The molecule has 5 heteroatoms. The number of likely N-dealkylation sites (N-methyl/N-ethyl adjacent to an activating group) is 1. The first-order valence-electron chi connectivity index (χ1n) is 10.1. The van der Waals surface area contributed by atoms with Gasteiger partial charge in [-0.3, -0.25) is 0 Å². The smallest absolute Gasteiger partial charge is 0.166 e. The van der Waals surface area contributed by atoms with Crippen LogP contribution in [0.5, 0.6) is 11.5 Å². The van der Waals surface area contributed by atoms with Crippen molar-refractivity contribution < 1.29 is 14.2 Å². The van der Waals surface area contributed by atoms with E-state index in [4.69, 9.17) is 19.9 Å². The molecule has 6 atom stereocenters. The summed E-state index contributed by atoms with van der Waals surface area (Å²) in [4.78, 5) is 2.57. The van der Waals surface area contributed by atoms with Gasteiger partial charge in [0.25, 0.3) is 0 Å². The van der Waals surface area contributed by atoms with Crippen LogP contribution in [0.15, 0.2) is 24.3 Å². The topological polar surface area (TPSA) is 57.0 Å². The highest BCUT2D eigenvalue weighted by Crippen LogP contribution is 2.74. The van der Waals surface area contributed by atoms with E-state index in [9.17, 15) is 0 Å². The maximum Gasteiger partial charge on any atom is 0.166 e. The molecular weight excluding hydrogens is 340 g/mol. The van der Waals surface area contributed by atoms with E-state index in [1.54, 1.807) is 7.11 Å². The van der Waals surface area contributed by atoms with Gasteiger partial charge in [0.1, 0.15) is 11.7 Å². The second-order valence-corrected chi connectivity index (χ2v) is 9.12. The van der Waals surface area contributed by atoms with Gasteiger partial charge in [-0.05, 0) is 51.0 Å². The molecule has 2 spiro atoms. The molecule has 4 aliphatic carbocycles. The summed E-state index contributed by atoms with van der Waals surface area (Å²) in [7, 11) is 5.84. The molecule has 7 rings (SSSR count). The highest BCUT2D eigenvalue weighted by atomic mass is 16.6. The lowest BCUT2D eigenvalue weighted by atomic mass is 9.37. The van der Waals surface area contributed by atoms with Crippen molar-refractivity contribution >= 4 is 0 Å². The monoisotopic (exact) mass is 368 g/mol. The predicted molar refractivity (Wildman–Crippen MR) is 102 cm³/mol. The summed E-state index contributed by atoms with van der Waals surface area (Å²) in [6.45, 7) is 1.70. The number of nitrogens with two attached hydrogens (primary N) is 1. The third-order valence-electron chi connectivity index (χ3n) is 8.70. The van der Waals surface area contributed by atoms with Crippen LogP contribution in [0.2, 0.25) is 0 Å². The molecule has 0 unspecified atom stereocenters. The Hall–Kier alpha value is -1.56. The molecule has 1 saturated carbocycles. The van der Waals surface area contributed by atoms with E-state index in [-0.39, 0.29) is 22.9 Å². The van der Waals surface area contributed by atoms with E-state index in [0.717, 1.165) is 37.3 Å². The molecule has 1 aromatic carbocycles. The Bertz CT molecular complexity index is 869. The maximum absolute atomic E-state index is 6.82. The number of fused-ring (bicyclic) bond motifs is 1. The number of hydrogen-bond donors (Lipinski definition) is 1. The van der Waals surface area contributed by atoms with E-state index in [2.05, 4.69) is 36.2 Å². The normalized spacial score (nSPS) is 45.6. The number of benzene rings is 1. The molecule has 6 aliphatic rings. The van der Waals surface area contributed by atoms with Crippen LogP contribution in [0, 0.1) is 11.3 Å². The van der Waals surface area contributed by atoms with Gasteiger partial charge in [0, 0.05) is 30.0 Å². The molecule has 0 aromatic heterocycles. The van der Waals surface area contributed by atoms with Crippen LogP contribution in [-0.2, 0) is 16.6 Å². The van der Waals surface area contributed by atoms with Crippen LogP contribution in [-0.4, -0.2) is 57.0 Å². The van der Waals surface area contributed by atoms with E-state index in [1.165, 1.54) is 11.1 Å². The molecule has 2 N–H and O–H groups in total. The van der Waals surface area contributed by atoms with E-state index in [1.807, 2.05) is 7.11 Å². The zero-order chi connectivity index (χ0) is 18.6. The van der Waals surface area contributed by atoms with Crippen molar-refractivity contribution in [1.29, 1.82) is 0 Å². The van der Waals surface area contributed by atoms with Crippen molar-refractivity contribution in [1.82, 2.24) is 4.90 Å². The van der Waals surface area contributed by atoms with Crippen LogP contribution in [0.3, 0.4) is 0 Å². The Morgan fingerprint density at radius 1 is 1.30 bits per heavy atom. The van der Waals surface area contributed by atoms with Gasteiger partial charge < -0.3 is 24.8 Å². The number of nitrogens with zero attached hydrogens (tertiary/aromatic N) is 1. The molecule has 144 valence electrons. The predicted octanol–water partition coefficient (Wildman–Crippen LogP) is 1.87. The summed E-state index contributed by atoms with van der Waals surface area (Å²) in [6.07, 6.45) is 7.96. The molecule has 1 aromatic rings. The molecule has 0 amide bonds. The minimum absolute atomic E-state index is 0.0381. The fourth-order valence-corrected chi connectivity index (χ4v) is 7.62. The number of methoxy groups -OCH3 is 2. The summed E-state index contributed by atoms with van der Waals surface area (Å²) in [5.41, 5.74) is 8.67. The fraction of sp³-hybridized carbons (Fsp3) is 0.636. The van der Waals surface area contributed by atoms with Crippen LogP contribution >= 0.6 is 0 Å². The first-order valence-corrected chi connectivity index (χ1v) is 10.1. The van der Waals surface area contributed by atoms with Gasteiger partial charge in [-0.25, -0.2) is 0 Å². The van der Waals surface area contributed by atoms with Crippen molar-refractivity contribution in [2.75, 3.05) is 34.4 Å². The van der Waals surface area contributed by atoms with Gasteiger partial charge >= 0.3 is 0 Å². The van der Waals surface area contributed by atoms with Crippen LogP contribution in [0.25, 0.3) is 0 Å². The number of hydrogen-bond acceptors (Lipinski definition) is 5. The second-order valence-electron chi connectivity index (χ2n) is 9.12. The maximum atomic E-state index is 6.82. The van der Waals surface area contributed by atoms with Crippen LogP contribution in [0.4, 0.5) is 0 Å². The summed E-state index contributed by atoms with van der Waals surface area (Å²) >= 11 is 0. The number of ether oxygens (including phenoxy) is 3. The van der Waals surface area contributed by atoms with Gasteiger partial charge in [0.05, 0.1) is 12.5 Å². The van der Waals surface area contributed by atoms with E-state index in [0.29, 0.717) is 12.6 Å². The highest BCUT2D eigenvalue weighted by Gasteiger charge is 2.78. The van der Waals surface area contributed by atoms with E-state index < -0.39 is 5.60 Å².